The monoisotopic (exact) mass is 285 g/mol. The lowest BCUT2D eigenvalue weighted by atomic mass is 9.90. The minimum absolute atomic E-state index is 0.00705. The molecule has 0 radical (unpaired) electrons. The Morgan fingerprint density at radius 2 is 1.76 bits per heavy atom. The highest BCUT2D eigenvalue weighted by molar-refractivity contribution is 5.52. The van der Waals surface area contributed by atoms with Gasteiger partial charge in [-0.3, -0.25) is 0 Å². The van der Waals surface area contributed by atoms with Crippen LogP contribution in [0.5, 0.6) is 5.75 Å². The third-order valence-electron chi connectivity index (χ3n) is 3.67. The molecule has 0 heterocycles. The molecule has 2 N–H and O–H groups in total. The number of nitrogens with one attached hydrogen (secondary N) is 1. The topological polar surface area (TPSA) is 41.5 Å². The van der Waals surface area contributed by atoms with Crippen molar-refractivity contribution < 1.29 is 9.84 Å². The van der Waals surface area contributed by atoms with Gasteiger partial charge in [0, 0.05) is 11.8 Å². The molecule has 0 saturated carbocycles. The number of aryl methyl sites for hydroxylation is 2. The molecule has 21 heavy (non-hydrogen) atoms. The van der Waals surface area contributed by atoms with Crippen molar-refractivity contribution in [2.75, 3.05) is 19.0 Å². The summed E-state index contributed by atoms with van der Waals surface area (Å²) in [5, 5.41) is 13.3. The molecule has 0 spiro atoms. The van der Waals surface area contributed by atoms with Crippen molar-refractivity contribution >= 4 is 5.69 Å². The Morgan fingerprint density at radius 1 is 1.10 bits per heavy atom. The molecule has 0 fully saturated rings. The zero-order valence-corrected chi connectivity index (χ0v) is 13.1. The van der Waals surface area contributed by atoms with Crippen LogP contribution >= 0.6 is 0 Å². The van der Waals surface area contributed by atoms with Crippen molar-refractivity contribution in [2.24, 2.45) is 0 Å². The van der Waals surface area contributed by atoms with Gasteiger partial charge in [0.1, 0.15) is 5.75 Å². The van der Waals surface area contributed by atoms with Crippen LogP contribution in [-0.2, 0) is 5.54 Å². The molecule has 0 amide bonds. The van der Waals surface area contributed by atoms with Crippen LogP contribution in [0.3, 0.4) is 0 Å². The van der Waals surface area contributed by atoms with Gasteiger partial charge in [-0.15, -0.1) is 0 Å². The van der Waals surface area contributed by atoms with Gasteiger partial charge in [0.05, 0.1) is 19.3 Å². The number of methoxy groups -OCH3 is 1. The van der Waals surface area contributed by atoms with Crippen molar-refractivity contribution in [2.45, 2.75) is 26.3 Å². The Hall–Kier alpha value is -2.00. The molecule has 0 aliphatic carbocycles. The third kappa shape index (κ3) is 3.56. The number of anilines is 1. The summed E-state index contributed by atoms with van der Waals surface area (Å²) in [5.41, 5.74) is 3.84. The highest BCUT2D eigenvalue weighted by Crippen LogP contribution is 2.29. The first-order chi connectivity index (χ1) is 9.96. The number of hydrogen-bond acceptors (Lipinski definition) is 3. The van der Waals surface area contributed by atoms with Gasteiger partial charge in [-0.05, 0) is 38.5 Å². The van der Waals surface area contributed by atoms with Crippen LogP contribution in [0.25, 0.3) is 0 Å². The predicted octanol–water partition coefficient (Wildman–Crippen LogP) is 3.63. The first-order valence-corrected chi connectivity index (χ1v) is 7.09. The van der Waals surface area contributed by atoms with Gasteiger partial charge in [0.15, 0.2) is 0 Å². The largest absolute Gasteiger partial charge is 0.497 e. The van der Waals surface area contributed by atoms with Crippen LogP contribution in [0.1, 0.15) is 23.6 Å². The smallest absolute Gasteiger partial charge is 0.120 e. The molecule has 3 heteroatoms. The fraction of sp³-hybridized carbons (Fsp3) is 0.333. The number of ether oxygens (including phenoxy) is 1. The van der Waals surface area contributed by atoms with E-state index in [0.29, 0.717) is 0 Å². The van der Waals surface area contributed by atoms with Crippen LogP contribution < -0.4 is 10.1 Å². The fourth-order valence-electron chi connectivity index (χ4n) is 2.52. The molecule has 2 rings (SSSR count). The van der Waals surface area contributed by atoms with Crippen LogP contribution in [0.15, 0.2) is 42.5 Å². The van der Waals surface area contributed by atoms with E-state index in [1.807, 2.05) is 31.2 Å². The summed E-state index contributed by atoms with van der Waals surface area (Å²) in [5.74, 6) is 0.792. The van der Waals surface area contributed by atoms with Crippen molar-refractivity contribution in [3.8, 4) is 5.75 Å². The average Bonchev–Trinajstić information content (AvgIpc) is 2.46. The molecule has 0 aliphatic heterocycles. The molecular formula is C18H23NO2. The van der Waals surface area contributed by atoms with E-state index in [1.165, 1.54) is 11.1 Å². The van der Waals surface area contributed by atoms with E-state index in [9.17, 15) is 5.11 Å². The van der Waals surface area contributed by atoms with Crippen molar-refractivity contribution in [3.05, 3.63) is 59.2 Å². The van der Waals surface area contributed by atoms with Crippen LogP contribution in [0.2, 0.25) is 0 Å². The van der Waals surface area contributed by atoms with Gasteiger partial charge in [-0.25, -0.2) is 0 Å². The van der Waals surface area contributed by atoms with E-state index in [0.717, 1.165) is 17.0 Å². The van der Waals surface area contributed by atoms with Gasteiger partial charge in [0.2, 0.25) is 0 Å². The molecule has 0 bridgehead atoms. The molecule has 1 unspecified atom stereocenters. The number of aliphatic hydroxyl groups excluding tert-OH is 1. The maximum Gasteiger partial charge on any atom is 0.120 e. The summed E-state index contributed by atoms with van der Waals surface area (Å²) in [4.78, 5) is 0. The van der Waals surface area contributed by atoms with E-state index >= 15 is 0 Å². The highest BCUT2D eigenvalue weighted by Gasteiger charge is 2.26. The van der Waals surface area contributed by atoms with Crippen LogP contribution in [-0.4, -0.2) is 18.8 Å². The fourth-order valence-corrected chi connectivity index (χ4v) is 2.52. The summed E-state index contributed by atoms with van der Waals surface area (Å²) < 4.78 is 5.24. The lowest BCUT2D eigenvalue weighted by Gasteiger charge is -2.31. The van der Waals surface area contributed by atoms with E-state index in [2.05, 4.69) is 37.4 Å². The minimum atomic E-state index is -0.539. The molecule has 0 aromatic heterocycles. The predicted molar refractivity (Wildman–Crippen MR) is 87.0 cm³/mol. The summed E-state index contributed by atoms with van der Waals surface area (Å²) in [6.45, 7) is 6.15. The van der Waals surface area contributed by atoms with Crippen LogP contribution in [0.4, 0.5) is 5.69 Å². The van der Waals surface area contributed by atoms with E-state index in [4.69, 9.17) is 4.74 Å². The van der Waals surface area contributed by atoms with E-state index in [-0.39, 0.29) is 6.61 Å². The van der Waals surface area contributed by atoms with Crippen molar-refractivity contribution in [1.29, 1.82) is 0 Å². The zero-order chi connectivity index (χ0) is 15.5. The molecule has 2 aromatic rings. The SMILES string of the molecule is COc1cccc(NC(C)(CO)c2cc(C)cc(C)c2)c1. The Morgan fingerprint density at radius 3 is 2.33 bits per heavy atom. The number of aliphatic hydroxyl groups is 1. The molecule has 1 atom stereocenters. The maximum absolute atomic E-state index is 9.91. The third-order valence-corrected chi connectivity index (χ3v) is 3.67. The average molecular weight is 285 g/mol. The standard InChI is InChI=1S/C18H23NO2/c1-13-8-14(2)10-15(9-13)18(3,12-20)19-16-6-5-7-17(11-16)21-4/h5-11,19-20H,12H2,1-4H3. The number of benzene rings is 2. The Kier molecular flexibility index (Phi) is 4.53. The summed E-state index contributed by atoms with van der Waals surface area (Å²) in [6.07, 6.45) is 0. The number of hydrogen-bond donors (Lipinski definition) is 2. The first kappa shape index (κ1) is 15.4. The van der Waals surface area contributed by atoms with Gasteiger partial charge >= 0.3 is 0 Å². The lowest BCUT2D eigenvalue weighted by Crippen LogP contribution is -2.36. The Labute approximate surface area is 126 Å². The van der Waals surface area contributed by atoms with Crippen LogP contribution in [0, 0.1) is 13.8 Å². The summed E-state index contributed by atoms with van der Waals surface area (Å²) in [7, 11) is 1.65. The van der Waals surface area contributed by atoms with Gasteiger partial charge in [-0.2, -0.15) is 0 Å². The molecule has 3 nitrogen and oxygen atoms in total. The van der Waals surface area contributed by atoms with E-state index in [1.54, 1.807) is 7.11 Å². The second-order valence-electron chi connectivity index (χ2n) is 5.72. The van der Waals surface area contributed by atoms with Crippen molar-refractivity contribution in [3.63, 3.8) is 0 Å². The summed E-state index contributed by atoms with van der Waals surface area (Å²) in [6, 6.07) is 14.1. The molecule has 2 aromatic carbocycles. The number of rotatable bonds is 5. The Bertz CT molecular complexity index is 604. The van der Waals surface area contributed by atoms with Gasteiger partial charge in [-0.1, -0.05) is 35.4 Å². The maximum atomic E-state index is 9.91. The van der Waals surface area contributed by atoms with Crippen molar-refractivity contribution in [1.82, 2.24) is 0 Å². The molecule has 0 aliphatic rings. The first-order valence-electron chi connectivity index (χ1n) is 7.09. The Balaban J connectivity index is 2.36. The second kappa shape index (κ2) is 6.19. The lowest BCUT2D eigenvalue weighted by molar-refractivity contribution is 0.224. The normalized spacial score (nSPS) is 13.6. The highest BCUT2D eigenvalue weighted by atomic mass is 16.5. The quantitative estimate of drug-likeness (QED) is 0.881. The van der Waals surface area contributed by atoms with Gasteiger partial charge in [0.25, 0.3) is 0 Å². The van der Waals surface area contributed by atoms with E-state index < -0.39 is 5.54 Å². The second-order valence-corrected chi connectivity index (χ2v) is 5.72. The minimum Gasteiger partial charge on any atom is -0.497 e. The molecular weight excluding hydrogens is 262 g/mol. The molecule has 0 saturated heterocycles. The molecule has 112 valence electrons. The summed E-state index contributed by atoms with van der Waals surface area (Å²) >= 11 is 0. The van der Waals surface area contributed by atoms with Gasteiger partial charge < -0.3 is 15.2 Å². The zero-order valence-electron chi connectivity index (χ0n) is 13.1.